The SMILES string of the molecule is CC(=N)CC[C@H]1CN(C)C(=O)O1. The van der Waals surface area contributed by atoms with Gasteiger partial charge in [-0.3, -0.25) is 0 Å². The van der Waals surface area contributed by atoms with Gasteiger partial charge in [-0.15, -0.1) is 0 Å². The van der Waals surface area contributed by atoms with Crippen molar-refractivity contribution < 1.29 is 9.53 Å². The number of amides is 1. The van der Waals surface area contributed by atoms with E-state index in [-0.39, 0.29) is 12.2 Å². The maximum atomic E-state index is 10.9. The molecule has 0 aromatic heterocycles. The van der Waals surface area contributed by atoms with E-state index >= 15 is 0 Å². The Morgan fingerprint density at radius 2 is 2.50 bits per heavy atom. The fourth-order valence-corrected chi connectivity index (χ4v) is 1.18. The lowest BCUT2D eigenvalue weighted by Gasteiger charge is -2.05. The van der Waals surface area contributed by atoms with Gasteiger partial charge in [-0.05, 0) is 19.8 Å². The van der Waals surface area contributed by atoms with Crippen LogP contribution >= 0.6 is 0 Å². The van der Waals surface area contributed by atoms with Crippen LogP contribution in [0.4, 0.5) is 4.79 Å². The van der Waals surface area contributed by atoms with Gasteiger partial charge in [0.25, 0.3) is 0 Å². The number of hydrogen-bond acceptors (Lipinski definition) is 3. The fraction of sp³-hybridized carbons (Fsp3) is 0.750. The summed E-state index contributed by atoms with van der Waals surface area (Å²) < 4.78 is 5.01. The fourth-order valence-electron chi connectivity index (χ4n) is 1.18. The molecule has 1 aliphatic rings. The molecule has 0 aromatic rings. The number of nitrogens with zero attached hydrogens (tertiary/aromatic N) is 1. The molecule has 4 nitrogen and oxygen atoms in total. The topological polar surface area (TPSA) is 53.4 Å². The van der Waals surface area contributed by atoms with Crippen molar-refractivity contribution in [3.8, 4) is 0 Å². The first-order valence-electron chi connectivity index (χ1n) is 4.05. The van der Waals surface area contributed by atoms with Crippen LogP contribution < -0.4 is 0 Å². The van der Waals surface area contributed by atoms with E-state index in [0.29, 0.717) is 18.7 Å². The van der Waals surface area contributed by atoms with Crippen LogP contribution in [0.5, 0.6) is 0 Å². The zero-order valence-electron chi connectivity index (χ0n) is 7.46. The second-order valence-corrected chi connectivity index (χ2v) is 3.21. The summed E-state index contributed by atoms with van der Waals surface area (Å²) in [5, 5.41) is 7.20. The molecule has 0 aromatic carbocycles. The number of likely N-dealkylation sites (N-methyl/N-ethyl adjacent to an activating group) is 1. The van der Waals surface area contributed by atoms with E-state index in [4.69, 9.17) is 10.1 Å². The van der Waals surface area contributed by atoms with Gasteiger partial charge in [0.1, 0.15) is 6.10 Å². The third-order valence-corrected chi connectivity index (χ3v) is 1.90. The molecule has 1 aliphatic heterocycles. The van der Waals surface area contributed by atoms with E-state index in [0.717, 1.165) is 6.42 Å². The molecule has 1 rings (SSSR count). The van der Waals surface area contributed by atoms with Gasteiger partial charge >= 0.3 is 6.09 Å². The van der Waals surface area contributed by atoms with Crippen molar-refractivity contribution in [2.45, 2.75) is 25.9 Å². The average Bonchev–Trinajstić information content (AvgIpc) is 2.28. The Hall–Kier alpha value is -1.06. The minimum atomic E-state index is -0.248. The first kappa shape index (κ1) is 9.03. The van der Waals surface area contributed by atoms with Crippen molar-refractivity contribution in [2.24, 2.45) is 0 Å². The Morgan fingerprint density at radius 1 is 1.83 bits per heavy atom. The van der Waals surface area contributed by atoms with Gasteiger partial charge in [0.05, 0.1) is 6.54 Å². The van der Waals surface area contributed by atoms with Crippen molar-refractivity contribution in [3.63, 3.8) is 0 Å². The summed E-state index contributed by atoms with van der Waals surface area (Å²) >= 11 is 0. The van der Waals surface area contributed by atoms with Crippen molar-refractivity contribution in [2.75, 3.05) is 13.6 Å². The molecule has 0 aliphatic carbocycles. The first-order valence-corrected chi connectivity index (χ1v) is 4.05. The lowest BCUT2D eigenvalue weighted by atomic mass is 10.1. The Balaban J connectivity index is 2.28. The summed E-state index contributed by atoms with van der Waals surface area (Å²) in [6, 6.07) is 0. The minimum Gasteiger partial charge on any atom is -0.444 e. The molecule has 0 unspecified atom stereocenters. The second kappa shape index (κ2) is 3.56. The van der Waals surface area contributed by atoms with Crippen LogP contribution in [-0.2, 0) is 4.74 Å². The average molecular weight is 170 g/mol. The molecule has 0 saturated carbocycles. The van der Waals surface area contributed by atoms with Crippen LogP contribution in [0.25, 0.3) is 0 Å². The maximum absolute atomic E-state index is 10.9. The number of ether oxygens (including phenoxy) is 1. The van der Waals surface area contributed by atoms with Crippen molar-refractivity contribution in [3.05, 3.63) is 0 Å². The summed E-state index contributed by atoms with van der Waals surface area (Å²) in [6.45, 7) is 2.42. The van der Waals surface area contributed by atoms with E-state index < -0.39 is 0 Å². The quantitative estimate of drug-likeness (QED) is 0.648. The van der Waals surface area contributed by atoms with E-state index in [1.165, 1.54) is 0 Å². The molecule has 68 valence electrons. The van der Waals surface area contributed by atoms with E-state index in [2.05, 4.69) is 0 Å². The highest BCUT2D eigenvalue weighted by molar-refractivity contribution is 5.78. The van der Waals surface area contributed by atoms with Crippen LogP contribution in [0.15, 0.2) is 0 Å². The normalized spacial score (nSPS) is 22.7. The van der Waals surface area contributed by atoms with Crippen molar-refractivity contribution in [1.82, 2.24) is 4.90 Å². The molecule has 0 radical (unpaired) electrons. The molecular weight excluding hydrogens is 156 g/mol. The van der Waals surface area contributed by atoms with Gasteiger partial charge in [-0.25, -0.2) is 4.79 Å². The van der Waals surface area contributed by atoms with Crippen molar-refractivity contribution in [1.29, 1.82) is 5.41 Å². The Morgan fingerprint density at radius 3 is 2.92 bits per heavy atom. The standard InChI is InChI=1S/C8H14N2O2/c1-6(9)3-4-7-5-10(2)8(11)12-7/h7,9H,3-5H2,1-2H3/t7-/m0/s1. The molecule has 1 N–H and O–H groups in total. The van der Waals surface area contributed by atoms with Crippen LogP contribution in [0, 0.1) is 5.41 Å². The predicted molar refractivity (Wildman–Crippen MR) is 45.5 cm³/mol. The molecule has 1 amide bonds. The second-order valence-electron chi connectivity index (χ2n) is 3.21. The molecule has 1 heterocycles. The van der Waals surface area contributed by atoms with Gasteiger partial charge in [-0.1, -0.05) is 0 Å². The Labute approximate surface area is 72.0 Å². The molecule has 4 heteroatoms. The number of nitrogens with one attached hydrogen (secondary N) is 1. The van der Waals surface area contributed by atoms with Crippen LogP contribution in [0.2, 0.25) is 0 Å². The highest BCUT2D eigenvalue weighted by Crippen LogP contribution is 2.13. The summed E-state index contributed by atoms with van der Waals surface area (Å²) in [4.78, 5) is 12.4. The van der Waals surface area contributed by atoms with Gasteiger partial charge in [0, 0.05) is 12.8 Å². The largest absolute Gasteiger partial charge is 0.444 e. The minimum absolute atomic E-state index is 0.0113. The van der Waals surface area contributed by atoms with Crippen molar-refractivity contribution >= 4 is 11.8 Å². The number of carbonyl (C=O) groups is 1. The number of cyclic esters (lactones) is 1. The van der Waals surface area contributed by atoms with E-state index in [9.17, 15) is 4.79 Å². The number of hydrogen-bond donors (Lipinski definition) is 1. The summed E-state index contributed by atoms with van der Waals surface area (Å²) in [5.41, 5.74) is 0.639. The summed E-state index contributed by atoms with van der Waals surface area (Å²) in [6.07, 6.45) is 1.22. The summed E-state index contributed by atoms with van der Waals surface area (Å²) in [5.74, 6) is 0. The highest BCUT2D eigenvalue weighted by atomic mass is 16.6. The molecular formula is C8H14N2O2. The summed E-state index contributed by atoms with van der Waals surface area (Å²) in [7, 11) is 1.72. The van der Waals surface area contributed by atoms with Gasteiger partial charge < -0.3 is 15.0 Å². The third-order valence-electron chi connectivity index (χ3n) is 1.90. The predicted octanol–water partition coefficient (Wildman–Crippen LogP) is 1.26. The van der Waals surface area contributed by atoms with E-state index in [1.54, 1.807) is 18.9 Å². The van der Waals surface area contributed by atoms with Gasteiger partial charge in [0.15, 0.2) is 0 Å². The Bertz CT molecular complexity index is 203. The monoisotopic (exact) mass is 170 g/mol. The molecule has 12 heavy (non-hydrogen) atoms. The third kappa shape index (κ3) is 2.22. The van der Waals surface area contributed by atoms with Gasteiger partial charge in [-0.2, -0.15) is 0 Å². The first-order chi connectivity index (χ1) is 5.59. The zero-order valence-corrected chi connectivity index (χ0v) is 7.46. The molecule has 1 saturated heterocycles. The maximum Gasteiger partial charge on any atom is 0.409 e. The van der Waals surface area contributed by atoms with E-state index in [1.807, 2.05) is 0 Å². The highest BCUT2D eigenvalue weighted by Gasteiger charge is 2.27. The lowest BCUT2D eigenvalue weighted by molar-refractivity contribution is 0.131. The lowest BCUT2D eigenvalue weighted by Crippen LogP contribution is -2.19. The molecule has 1 fully saturated rings. The zero-order chi connectivity index (χ0) is 9.14. The number of rotatable bonds is 3. The van der Waals surface area contributed by atoms with Gasteiger partial charge in [0.2, 0.25) is 0 Å². The molecule has 0 bridgehead atoms. The van der Waals surface area contributed by atoms with Crippen LogP contribution in [0.3, 0.4) is 0 Å². The smallest absolute Gasteiger partial charge is 0.409 e. The van der Waals surface area contributed by atoms with Crippen LogP contribution in [-0.4, -0.2) is 36.4 Å². The van der Waals surface area contributed by atoms with Crippen LogP contribution in [0.1, 0.15) is 19.8 Å². The Kier molecular flexibility index (Phi) is 2.68. The number of carbonyl (C=O) groups excluding carboxylic acids is 1. The molecule has 0 spiro atoms. The molecule has 1 atom stereocenters.